The summed E-state index contributed by atoms with van der Waals surface area (Å²) in [6.07, 6.45) is 1.52. The number of carbonyl (C=O) groups excluding carboxylic acids is 2. The average molecular weight is 365 g/mol. The predicted molar refractivity (Wildman–Crippen MR) is 104 cm³/mol. The molecule has 0 unspecified atom stereocenters. The molecular weight excluding hydrogens is 342 g/mol. The summed E-state index contributed by atoms with van der Waals surface area (Å²) in [5.74, 6) is -0.310. The van der Waals surface area contributed by atoms with Crippen LogP contribution in [0.25, 0.3) is 0 Å². The minimum absolute atomic E-state index is 0.0925. The molecular formula is C21H23N3O3. The van der Waals surface area contributed by atoms with E-state index in [4.69, 9.17) is 4.74 Å². The van der Waals surface area contributed by atoms with Crippen molar-refractivity contribution in [1.82, 2.24) is 5.32 Å². The van der Waals surface area contributed by atoms with Gasteiger partial charge in [-0.3, -0.25) is 9.69 Å². The molecule has 2 aromatic rings. The highest BCUT2D eigenvalue weighted by atomic mass is 16.5. The number of amides is 1. The lowest BCUT2D eigenvalue weighted by Gasteiger charge is -2.39. The summed E-state index contributed by atoms with van der Waals surface area (Å²) in [7, 11) is 1.36. The van der Waals surface area contributed by atoms with Crippen molar-refractivity contribution in [2.24, 2.45) is 0 Å². The minimum Gasteiger partial charge on any atom is -0.465 e. The average Bonchev–Trinajstić information content (AvgIpc) is 3.01. The molecule has 0 saturated carbocycles. The van der Waals surface area contributed by atoms with Crippen LogP contribution in [-0.4, -0.2) is 44.3 Å². The Morgan fingerprint density at radius 1 is 1.04 bits per heavy atom. The topological polar surface area (TPSA) is 61.9 Å². The minimum atomic E-state index is -0.548. The Bertz CT molecular complexity index is 847. The first-order valence-electron chi connectivity index (χ1n) is 9.19. The highest BCUT2D eigenvalue weighted by molar-refractivity contribution is 6.06. The molecule has 0 aromatic heterocycles. The first kappa shape index (κ1) is 17.5. The van der Waals surface area contributed by atoms with Crippen LogP contribution in [0, 0.1) is 0 Å². The summed E-state index contributed by atoms with van der Waals surface area (Å²) >= 11 is 0. The zero-order valence-electron chi connectivity index (χ0n) is 15.4. The zero-order valence-corrected chi connectivity index (χ0v) is 15.4. The molecule has 4 rings (SSSR count). The standard InChI is InChI=1S/C21H23N3O3/c1-27-19(25)16-6-5-9-18(14-16)23-15-24(17-7-3-2-4-8-17)21(20(23)26)10-12-22-13-11-21/h2-9,14,22H,10-13,15H2,1H3. The fourth-order valence-electron chi connectivity index (χ4n) is 4.09. The summed E-state index contributed by atoms with van der Waals surface area (Å²) in [5, 5.41) is 3.36. The molecule has 1 N–H and O–H groups in total. The Balaban J connectivity index is 1.73. The molecule has 2 fully saturated rings. The van der Waals surface area contributed by atoms with Gasteiger partial charge in [0.1, 0.15) is 5.54 Å². The molecule has 2 aliphatic rings. The van der Waals surface area contributed by atoms with Crippen LogP contribution in [0.5, 0.6) is 0 Å². The maximum Gasteiger partial charge on any atom is 0.337 e. The van der Waals surface area contributed by atoms with Crippen molar-refractivity contribution in [3.8, 4) is 0 Å². The number of methoxy groups -OCH3 is 1. The van der Waals surface area contributed by atoms with Gasteiger partial charge < -0.3 is 15.0 Å². The van der Waals surface area contributed by atoms with E-state index in [1.807, 2.05) is 36.4 Å². The molecule has 1 spiro atoms. The number of benzene rings is 2. The second-order valence-corrected chi connectivity index (χ2v) is 6.96. The summed E-state index contributed by atoms with van der Waals surface area (Å²) in [6.45, 7) is 2.09. The highest BCUT2D eigenvalue weighted by Gasteiger charge is 2.53. The zero-order chi connectivity index (χ0) is 18.9. The van der Waals surface area contributed by atoms with Gasteiger partial charge in [0.05, 0.1) is 19.3 Å². The molecule has 1 amide bonds. The lowest BCUT2D eigenvalue weighted by Crippen LogP contribution is -2.55. The summed E-state index contributed by atoms with van der Waals surface area (Å²) < 4.78 is 4.82. The second kappa shape index (κ2) is 7.04. The number of anilines is 2. The number of para-hydroxylation sites is 1. The van der Waals surface area contributed by atoms with Crippen molar-refractivity contribution in [3.63, 3.8) is 0 Å². The molecule has 2 aromatic carbocycles. The van der Waals surface area contributed by atoms with Gasteiger partial charge >= 0.3 is 5.97 Å². The number of nitrogens with zero attached hydrogens (tertiary/aromatic N) is 2. The Kier molecular flexibility index (Phi) is 4.58. The van der Waals surface area contributed by atoms with Crippen LogP contribution >= 0.6 is 0 Å². The van der Waals surface area contributed by atoms with Crippen molar-refractivity contribution in [2.45, 2.75) is 18.4 Å². The van der Waals surface area contributed by atoms with Crippen molar-refractivity contribution >= 4 is 23.3 Å². The van der Waals surface area contributed by atoms with Gasteiger partial charge in [0.25, 0.3) is 5.91 Å². The summed E-state index contributed by atoms with van der Waals surface area (Å²) in [6, 6.07) is 17.1. The van der Waals surface area contributed by atoms with E-state index in [0.717, 1.165) is 37.3 Å². The van der Waals surface area contributed by atoms with Crippen molar-refractivity contribution < 1.29 is 14.3 Å². The van der Waals surface area contributed by atoms with Crippen molar-refractivity contribution in [1.29, 1.82) is 0 Å². The van der Waals surface area contributed by atoms with E-state index in [2.05, 4.69) is 10.2 Å². The van der Waals surface area contributed by atoms with Gasteiger partial charge in [0, 0.05) is 11.4 Å². The monoisotopic (exact) mass is 365 g/mol. The number of rotatable bonds is 3. The van der Waals surface area contributed by atoms with E-state index in [0.29, 0.717) is 12.2 Å². The van der Waals surface area contributed by atoms with E-state index < -0.39 is 11.5 Å². The van der Waals surface area contributed by atoms with Crippen LogP contribution in [0.1, 0.15) is 23.2 Å². The predicted octanol–water partition coefficient (Wildman–Crippen LogP) is 2.41. The molecule has 2 heterocycles. The van der Waals surface area contributed by atoms with E-state index >= 15 is 0 Å². The molecule has 0 bridgehead atoms. The van der Waals surface area contributed by atoms with Gasteiger partial charge in [0.2, 0.25) is 0 Å². The molecule has 2 saturated heterocycles. The van der Waals surface area contributed by atoms with Gasteiger partial charge in [0.15, 0.2) is 0 Å². The molecule has 0 atom stereocenters. The largest absolute Gasteiger partial charge is 0.465 e. The Morgan fingerprint density at radius 3 is 2.44 bits per heavy atom. The van der Waals surface area contributed by atoms with Crippen LogP contribution in [-0.2, 0) is 9.53 Å². The summed E-state index contributed by atoms with van der Waals surface area (Å²) in [5.41, 5.74) is 1.66. The van der Waals surface area contributed by atoms with E-state index in [1.54, 1.807) is 23.1 Å². The third-order valence-electron chi connectivity index (χ3n) is 5.52. The van der Waals surface area contributed by atoms with Crippen molar-refractivity contribution in [2.75, 3.05) is 36.7 Å². The molecule has 27 heavy (non-hydrogen) atoms. The number of esters is 1. The Morgan fingerprint density at radius 2 is 1.74 bits per heavy atom. The maximum absolute atomic E-state index is 13.6. The molecule has 0 radical (unpaired) electrons. The SMILES string of the molecule is COC(=O)c1cccc(N2CN(c3ccccc3)C3(CCNCC3)C2=O)c1. The number of nitrogens with one attached hydrogen (secondary N) is 1. The molecule has 6 nitrogen and oxygen atoms in total. The van der Waals surface area contributed by atoms with Crippen molar-refractivity contribution in [3.05, 3.63) is 60.2 Å². The number of ether oxygens (including phenoxy) is 1. The molecule has 0 aliphatic carbocycles. The fraction of sp³-hybridized carbons (Fsp3) is 0.333. The number of carbonyl (C=O) groups is 2. The van der Waals surface area contributed by atoms with E-state index in [9.17, 15) is 9.59 Å². The normalized spacial score (nSPS) is 18.8. The van der Waals surface area contributed by atoms with Crippen LogP contribution in [0.2, 0.25) is 0 Å². The number of piperidine rings is 1. The molecule has 140 valence electrons. The number of hydrogen-bond acceptors (Lipinski definition) is 5. The highest BCUT2D eigenvalue weighted by Crippen LogP contribution is 2.40. The lowest BCUT2D eigenvalue weighted by molar-refractivity contribution is -0.122. The quantitative estimate of drug-likeness (QED) is 0.847. The van der Waals surface area contributed by atoms with Gasteiger partial charge in [-0.1, -0.05) is 24.3 Å². The van der Waals surface area contributed by atoms with Crippen LogP contribution in [0.3, 0.4) is 0 Å². The second-order valence-electron chi connectivity index (χ2n) is 6.96. The third kappa shape index (κ3) is 2.96. The first-order valence-corrected chi connectivity index (χ1v) is 9.19. The number of hydrogen-bond donors (Lipinski definition) is 1. The van der Waals surface area contributed by atoms with Gasteiger partial charge in [-0.05, 0) is 56.3 Å². The first-order chi connectivity index (χ1) is 13.2. The van der Waals surface area contributed by atoms with Gasteiger partial charge in [-0.25, -0.2) is 4.79 Å². The van der Waals surface area contributed by atoms with Crippen LogP contribution < -0.4 is 15.1 Å². The Labute approximate surface area is 158 Å². The van der Waals surface area contributed by atoms with Gasteiger partial charge in [-0.2, -0.15) is 0 Å². The molecule has 6 heteroatoms. The van der Waals surface area contributed by atoms with Gasteiger partial charge in [-0.15, -0.1) is 0 Å². The summed E-state index contributed by atoms with van der Waals surface area (Å²) in [4.78, 5) is 29.4. The Hall–Kier alpha value is -2.86. The fourth-order valence-corrected chi connectivity index (χ4v) is 4.09. The van der Waals surface area contributed by atoms with Crippen LogP contribution in [0.15, 0.2) is 54.6 Å². The van der Waals surface area contributed by atoms with Crippen LogP contribution in [0.4, 0.5) is 11.4 Å². The molecule has 2 aliphatic heterocycles. The van der Waals surface area contributed by atoms with E-state index in [-0.39, 0.29) is 5.91 Å². The smallest absolute Gasteiger partial charge is 0.337 e. The lowest BCUT2D eigenvalue weighted by atomic mass is 9.86. The van der Waals surface area contributed by atoms with E-state index in [1.165, 1.54) is 7.11 Å². The third-order valence-corrected chi connectivity index (χ3v) is 5.52. The maximum atomic E-state index is 13.6.